The normalized spacial score (nSPS) is 13.3. The quantitative estimate of drug-likeness (QED) is 0.812. The van der Waals surface area contributed by atoms with Gasteiger partial charge in [-0.3, -0.25) is 0 Å². The number of amides is 2. The van der Waals surface area contributed by atoms with Gasteiger partial charge >= 0.3 is 12.0 Å². The summed E-state index contributed by atoms with van der Waals surface area (Å²) >= 11 is 0. The first kappa shape index (κ1) is 17.0. The molecule has 0 bridgehead atoms. The van der Waals surface area contributed by atoms with Crippen LogP contribution < -0.4 is 5.32 Å². The molecule has 2 N–H and O–H groups in total. The van der Waals surface area contributed by atoms with E-state index in [1.165, 1.54) is 0 Å². The molecule has 1 aromatic rings. The van der Waals surface area contributed by atoms with E-state index < -0.39 is 12.0 Å². The van der Waals surface area contributed by atoms with Gasteiger partial charge in [0.25, 0.3) is 0 Å². The van der Waals surface area contributed by atoms with Gasteiger partial charge in [0.15, 0.2) is 6.04 Å². The van der Waals surface area contributed by atoms with Crippen molar-refractivity contribution in [1.29, 1.82) is 0 Å². The fourth-order valence-electron chi connectivity index (χ4n) is 2.01. The standard InChI is InChI=1S/C16H24N2O3/c1-4-12(3)11-18(5-2)16(21)17-14(15(19)20)13-9-7-6-8-10-13/h6-10,12,14H,4-5,11H2,1-3H3,(H,17,21)(H,19,20). The Kier molecular flexibility index (Phi) is 6.72. The molecular formula is C16H24N2O3. The zero-order valence-corrected chi connectivity index (χ0v) is 12.9. The van der Waals surface area contributed by atoms with Gasteiger partial charge in [-0.25, -0.2) is 9.59 Å². The predicted molar refractivity (Wildman–Crippen MR) is 82.1 cm³/mol. The summed E-state index contributed by atoms with van der Waals surface area (Å²) in [4.78, 5) is 25.3. The van der Waals surface area contributed by atoms with Crippen LogP contribution >= 0.6 is 0 Å². The highest BCUT2D eigenvalue weighted by molar-refractivity contribution is 5.83. The summed E-state index contributed by atoms with van der Waals surface area (Å²) in [6.45, 7) is 7.21. The van der Waals surface area contributed by atoms with E-state index in [-0.39, 0.29) is 6.03 Å². The third-order valence-electron chi connectivity index (χ3n) is 3.55. The molecule has 0 aromatic heterocycles. The molecular weight excluding hydrogens is 268 g/mol. The van der Waals surface area contributed by atoms with Crippen LogP contribution in [0.4, 0.5) is 4.79 Å². The zero-order valence-electron chi connectivity index (χ0n) is 12.9. The molecule has 1 aromatic carbocycles. The summed E-state index contributed by atoms with van der Waals surface area (Å²) in [6, 6.07) is 7.36. The minimum Gasteiger partial charge on any atom is -0.479 e. The van der Waals surface area contributed by atoms with E-state index in [0.717, 1.165) is 6.42 Å². The van der Waals surface area contributed by atoms with Crippen LogP contribution in [-0.4, -0.2) is 35.1 Å². The fourth-order valence-corrected chi connectivity index (χ4v) is 2.01. The molecule has 21 heavy (non-hydrogen) atoms. The first-order valence-corrected chi connectivity index (χ1v) is 7.32. The number of nitrogens with one attached hydrogen (secondary N) is 1. The van der Waals surface area contributed by atoms with Crippen LogP contribution in [0.5, 0.6) is 0 Å². The summed E-state index contributed by atoms with van der Waals surface area (Å²) in [5.41, 5.74) is 0.568. The topological polar surface area (TPSA) is 69.6 Å². The average Bonchev–Trinajstić information content (AvgIpc) is 2.50. The summed E-state index contributed by atoms with van der Waals surface area (Å²) in [5, 5.41) is 11.9. The van der Waals surface area contributed by atoms with Crippen molar-refractivity contribution in [2.24, 2.45) is 5.92 Å². The van der Waals surface area contributed by atoms with Crippen molar-refractivity contribution in [2.75, 3.05) is 13.1 Å². The monoisotopic (exact) mass is 292 g/mol. The molecule has 0 saturated carbocycles. The highest BCUT2D eigenvalue weighted by Crippen LogP contribution is 2.14. The Morgan fingerprint density at radius 3 is 2.33 bits per heavy atom. The van der Waals surface area contributed by atoms with E-state index in [9.17, 15) is 14.7 Å². The van der Waals surface area contributed by atoms with Crippen molar-refractivity contribution in [3.8, 4) is 0 Å². The van der Waals surface area contributed by atoms with E-state index in [0.29, 0.717) is 24.6 Å². The summed E-state index contributed by atoms with van der Waals surface area (Å²) in [7, 11) is 0. The molecule has 0 saturated heterocycles. The number of rotatable bonds is 7. The van der Waals surface area contributed by atoms with Crippen molar-refractivity contribution in [2.45, 2.75) is 33.2 Å². The molecule has 0 aliphatic carbocycles. The Labute approximate surface area is 126 Å². The Bertz CT molecular complexity index is 462. The van der Waals surface area contributed by atoms with Gasteiger partial charge in [-0.1, -0.05) is 50.6 Å². The van der Waals surface area contributed by atoms with Crippen molar-refractivity contribution in [1.82, 2.24) is 10.2 Å². The lowest BCUT2D eigenvalue weighted by Crippen LogP contribution is -2.45. The van der Waals surface area contributed by atoms with Gasteiger partial charge in [0.2, 0.25) is 0 Å². The second-order valence-corrected chi connectivity index (χ2v) is 5.18. The number of carbonyl (C=O) groups excluding carboxylic acids is 1. The number of hydrogen-bond acceptors (Lipinski definition) is 2. The largest absolute Gasteiger partial charge is 0.479 e. The average molecular weight is 292 g/mol. The lowest BCUT2D eigenvalue weighted by Gasteiger charge is -2.26. The Morgan fingerprint density at radius 1 is 1.24 bits per heavy atom. The van der Waals surface area contributed by atoms with E-state index in [4.69, 9.17) is 0 Å². The molecule has 2 atom stereocenters. The lowest BCUT2D eigenvalue weighted by atomic mass is 10.1. The Morgan fingerprint density at radius 2 is 1.86 bits per heavy atom. The van der Waals surface area contributed by atoms with Gasteiger partial charge in [-0.05, 0) is 18.4 Å². The van der Waals surface area contributed by atoms with Crippen LogP contribution in [0, 0.1) is 5.92 Å². The van der Waals surface area contributed by atoms with Crippen LogP contribution in [0.1, 0.15) is 38.8 Å². The fraction of sp³-hybridized carbons (Fsp3) is 0.500. The van der Waals surface area contributed by atoms with E-state index in [2.05, 4.69) is 19.2 Å². The lowest BCUT2D eigenvalue weighted by molar-refractivity contribution is -0.139. The number of urea groups is 1. The number of carboxylic acid groups (broad SMARTS) is 1. The van der Waals surface area contributed by atoms with Crippen LogP contribution in [0.3, 0.4) is 0 Å². The maximum Gasteiger partial charge on any atom is 0.330 e. The smallest absolute Gasteiger partial charge is 0.330 e. The van der Waals surface area contributed by atoms with Crippen molar-refractivity contribution >= 4 is 12.0 Å². The summed E-state index contributed by atoms with van der Waals surface area (Å²) in [5.74, 6) is -0.676. The van der Waals surface area contributed by atoms with Crippen LogP contribution in [-0.2, 0) is 4.79 Å². The first-order valence-electron chi connectivity index (χ1n) is 7.32. The van der Waals surface area contributed by atoms with Gasteiger partial charge in [0, 0.05) is 13.1 Å². The molecule has 0 radical (unpaired) electrons. The zero-order chi connectivity index (χ0) is 15.8. The number of nitrogens with zero attached hydrogens (tertiary/aromatic N) is 1. The van der Waals surface area contributed by atoms with E-state index >= 15 is 0 Å². The SMILES string of the molecule is CCC(C)CN(CC)C(=O)NC(C(=O)O)c1ccccc1. The number of hydrogen-bond donors (Lipinski definition) is 2. The van der Waals surface area contributed by atoms with Gasteiger partial charge in [0.1, 0.15) is 0 Å². The summed E-state index contributed by atoms with van der Waals surface area (Å²) < 4.78 is 0. The second kappa shape index (κ2) is 8.29. The third kappa shape index (κ3) is 5.10. The van der Waals surface area contributed by atoms with Crippen molar-refractivity contribution in [3.63, 3.8) is 0 Å². The van der Waals surface area contributed by atoms with Crippen molar-refractivity contribution < 1.29 is 14.7 Å². The number of carbonyl (C=O) groups is 2. The maximum atomic E-state index is 12.3. The molecule has 1 rings (SSSR count). The Balaban J connectivity index is 2.79. The number of aliphatic carboxylic acids is 1. The van der Waals surface area contributed by atoms with Crippen LogP contribution in [0.15, 0.2) is 30.3 Å². The van der Waals surface area contributed by atoms with Gasteiger partial charge in [-0.15, -0.1) is 0 Å². The maximum absolute atomic E-state index is 12.3. The number of benzene rings is 1. The van der Waals surface area contributed by atoms with E-state index in [1.807, 2.05) is 13.0 Å². The molecule has 5 nitrogen and oxygen atoms in total. The predicted octanol–water partition coefficient (Wildman–Crippen LogP) is 2.89. The molecule has 2 unspecified atom stereocenters. The molecule has 116 valence electrons. The minimum atomic E-state index is -1.06. The van der Waals surface area contributed by atoms with Gasteiger partial charge in [-0.2, -0.15) is 0 Å². The van der Waals surface area contributed by atoms with Crippen molar-refractivity contribution in [3.05, 3.63) is 35.9 Å². The molecule has 2 amide bonds. The third-order valence-corrected chi connectivity index (χ3v) is 3.55. The highest BCUT2D eigenvalue weighted by atomic mass is 16.4. The second-order valence-electron chi connectivity index (χ2n) is 5.18. The van der Waals surface area contributed by atoms with E-state index in [1.54, 1.807) is 29.2 Å². The van der Waals surface area contributed by atoms with Crippen LogP contribution in [0.25, 0.3) is 0 Å². The first-order chi connectivity index (χ1) is 9.99. The molecule has 0 heterocycles. The Hall–Kier alpha value is -2.04. The minimum absolute atomic E-state index is 0.339. The molecule has 0 spiro atoms. The molecule has 0 fully saturated rings. The van der Waals surface area contributed by atoms with Gasteiger partial charge < -0.3 is 15.3 Å². The molecule has 0 aliphatic rings. The number of carboxylic acids is 1. The molecule has 0 aliphatic heterocycles. The highest BCUT2D eigenvalue weighted by Gasteiger charge is 2.24. The summed E-state index contributed by atoms with van der Waals surface area (Å²) in [6.07, 6.45) is 0.977. The van der Waals surface area contributed by atoms with Gasteiger partial charge in [0.05, 0.1) is 0 Å². The molecule has 5 heteroatoms. The van der Waals surface area contributed by atoms with Crippen LogP contribution in [0.2, 0.25) is 0 Å².